The van der Waals surface area contributed by atoms with Crippen LogP contribution in [0.15, 0.2) is 78.9 Å². The molecule has 0 spiro atoms. The Bertz CT molecular complexity index is 1200. The first-order chi connectivity index (χ1) is 14.1. The normalized spacial score (nSPS) is 11.9. The number of benzene rings is 3. The van der Waals surface area contributed by atoms with Gasteiger partial charge in [-0.1, -0.05) is 66.7 Å². The van der Waals surface area contributed by atoms with Crippen LogP contribution in [0.2, 0.25) is 0 Å². The number of esters is 1. The van der Waals surface area contributed by atoms with E-state index in [0.717, 1.165) is 21.7 Å². The van der Waals surface area contributed by atoms with Crippen molar-refractivity contribution in [2.45, 2.75) is 13.0 Å². The number of amides is 1. The summed E-state index contributed by atoms with van der Waals surface area (Å²) < 4.78 is 5.15. The number of nitrogens with zero attached hydrogens (tertiary/aromatic N) is 1. The third-order valence-electron chi connectivity index (χ3n) is 4.81. The minimum atomic E-state index is -0.622. The number of hydrogen-bond acceptors (Lipinski definition) is 4. The number of carbonyl (C=O) groups excluding carboxylic acids is 2. The van der Waals surface area contributed by atoms with Crippen molar-refractivity contribution in [3.05, 3.63) is 90.1 Å². The van der Waals surface area contributed by atoms with E-state index in [4.69, 9.17) is 4.74 Å². The van der Waals surface area contributed by atoms with Gasteiger partial charge in [-0.25, -0.2) is 9.78 Å². The van der Waals surface area contributed by atoms with Gasteiger partial charge in [-0.2, -0.15) is 0 Å². The van der Waals surface area contributed by atoms with E-state index in [9.17, 15) is 9.59 Å². The monoisotopic (exact) mass is 384 g/mol. The van der Waals surface area contributed by atoms with Crippen LogP contribution in [0.1, 0.15) is 29.0 Å². The molecule has 4 aromatic rings. The van der Waals surface area contributed by atoms with Crippen LogP contribution < -0.4 is 5.32 Å². The Labute approximate surface area is 168 Å². The van der Waals surface area contributed by atoms with Crippen LogP contribution in [-0.2, 0) is 9.53 Å². The van der Waals surface area contributed by atoms with Crippen molar-refractivity contribution < 1.29 is 14.3 Å². The van der Waals surface area contributed by atoms with Crippen molar-refractivity contribution in [2.24, 2.45) is 0 Å². The van der Waals surface area contributed by atoms with Crippen LogP contribution in [-0.4, -0.2) is 23.5 Å². The zero-order valence-corrected chi connectivity index (χ0v) is 16.0. The summed E-state index contributed by atoms with van der Waals surface area (Å²) in [5.41, 5.74) is 1.90. The molecule has 5 heteroatoms. The Hall–Kier alpha value is -3.73. The van der Waals surface area contributed by atoms with E-state index < -0.39 is 5.97 Å². The number of para-hydroxylation sites is 1. The van der Waals surface area contributed by atoms with Crippen molar-refractivity contribution in [1.29, 1.82) is 0 Å². The van der Waals surface area contributed by atoms with Gasteiger partial charge in [-0.15, -0.1) is 0 Å². The topological polar surface area (TPSA) is 68.3 Å². The molecule has 1 atom stereocenters. The Morgan fingerprint density at radius 2 is 1.62 bits per heavy atom. The fourth-order valence-electron chi connectivity index (χ4n) is 3.37. The lowest BCUT2D eigenvalue weighted by Gasteiger charge is -2.16. The number of pyridine rings is 1. The highest BCUT2D eigenvalue weighted by Gasteiger charge is 2.15. The maximum Gasteiger partial charge on any atom is 0.357 e. The molecule has 5 nitrogen and oxygen atoms in total. The minimum Gasteiger partial charge on any atom is -0.451 e. The molecule has 1 N–H and O–H groups in total. The second-order valence-electron chi connectivity index (χ2n) is 6.82. The highest BCUT2D eigenvalue weighted by molar-refractivity contribution is 5.92. The van der Waals surface area contributed by atoms with Crippen LogP contribution in [0.5, 0.6) is 0 Å². The highest BCUT2D eigenvalue weighted by Crippen LogP contribution is 2.24. The van der Waals surface area contributed by atoms with E-state index >= 15 is 0 Å². The lowest BCUT2D eigenvalue weighted by atomic mass is 10.00. The van der Waals surface area contributed by atoms with Crippen molar-refractivity contribution in [3.63, 3.8) is 0 Å². The number of rotatable bonds is 5. The quantitative estimate of drug-likeness (QED) is 0.517. The number of carbonyl (C=O) groups is 2. The van der Waals surface area contributed by atoms with Gasteiger partial charge in [-0.3, -0.25) is 4.79 Å². The van der Waals surface area contributed by atoms with E-state index in [1.54, 1.807) is 6.07 Å². The predicted octanol–water partition coefficient (Wildman–Crippen LogP) is 4.42. The number of hydrogen-bond donors (Lipinski definition) is 1. The largest absolute Gasteiger partial charge is 0.451 e. The molecule has 144 valence electrons. The maximum absolute atomic E-state index is 12.3. The molecular weight excluding hydrogens is 364 g/mol. The fraction of sp³-hybridized carbons (Fsp3) is 0.125. The summed E-state index contributed by atoms with van der Waals surface area (Å²) in [5, 5.41) is 6.02. The SMILES string of the molecule is C[C@H](NC(=O)COC(=O)c1ccc2ccccc2n1)c1cccc2ccccc12. The third kappa shape index (κ3) is 4.09. The van der Waals surface area contributed by atoms with E-state index in [0.29, 0.717) is 5.52 Å². The van der Waals surface area contributed by atoms with Crippen LogP contribution in [0.3, 0.4) is 0 Å². The van der Waals surface area contributed by atoms with E-state index in [1.807, 2.05) is 79.7 Å². The zero-order valence-electron chi connectivity index (χ0n) is 16.0. The van der Waals surface area contributed by atoms with Crippen molar-refractivity contribution >= 4 is 33.6 Å². The number of nitrogens with one attached hydrogen (secondary N) is 1. The number of ether oxygens (including phenoxy) is 1. The summed E-state index contributed by atoms with van der Waals surface area (Å²) in [6.45, 7) is 1.55. The van der Waals surface area contributed by atoms with Crippen LogP contribution in [0, 0.1) is 0 Å². The van der Waals surface area contributed by atoms with Crippen LogP contribution >= 0.6 is 0 Å². The molecule has 4 rings (SSSR count). The molecule has 0 bridgehead atoms. The molecule has 29 heavy (non-hydrogen) atoms. The van der Waals surface area contributed by atoms with Gasteiger partial charge in [0.1, 0.15) is 5.69 Å². The molecule has 0 unspecified atom stereocenters. The second-order valence-corrected chi connectivity index (χ2v) is 6.82. The molecule has 0 saturated heterocycles. The molecule has 1 heterocycles. The van der Waals surface area contributed by atoms with E-state index in [2.05, 4.69) is 10.3 Å². The maximum atomic E-state index is 12.3. The van der Waals surface area contributed by atoms with Gasteiger partial charge in [0.25, 0.3) is 5.91 Å². The highest BCUT2D eigenvalue weighted by atomic mass is 16.5. The van der Waals surface area contributed by atoms with E-state index in [-0.39, 0.29) is 24.2 Å². The molecule has 0 fully saturated rings. The molecule has 0 saturated carbocycles. The molecule has 1 aromatic heterocycles. The summed E-state index contributed by atoms with van der Waals surface area (Å²) in [6.07, 6.45) is 0. The average molecular weight is 384 g/mol. The van der Waals surface area contributed by atoms with Gasteiger partial charge in [0.05, 0.1) is 11.6 Å². The lowest BCUT2D eigenvalue weighted by molar-refractivity contribution is -0.124. The van der Waals surface area contributed by atoms with Gasteiger partial charge in [0.15, 0.2) is 6.61 Å². The van der Waals surface area contributed by atoms with Gasteiger partial charge < -0.3 is 10.1 Å². The molecular formula is C24H20N2O3. The first-order valence-electron chi connectivity index (χ1n) is 9.42. The average Bonchev–Trinajstić information content (AvgIpc) is 2.76. The first kappa shape index (κ1) is 18.6. The Balaban J connectivity index is 1.39. The second kappa shape index (κ2) is 8.10. The first-order valence-corrected chi connectivity index (χ1v) is 9.42. The summed E-state index contributed by atoms with van der Waals surface area (Å²) in [4.78, 5) is 28.9. The summed E-state index contributed by atoms with van der Waals surface area (Å²) in [7, 11) is 0. The molecule has 0 aliphatic heterocycles. The number of aromatic nitrogens is 1. The Morgan fingerprint density at radius 3 is 2.48 bits per heavy atom. The molecule has 1 amide bonds. The van der Waals surface area contributed by atoms with E-state index in [1.165, 1.54) is 0 Å². The van der Waals surface area contributed by atoms with Crippen LogP contribution in [0.25, 0.3) is 21.7 Å². The summed E-state index contributed by atoms with van der Waals surface area (Å²) in [5.74, 6) is -0.983. The van der Waals surface area contributed by atoms with Crippen molar-refractivity contribution in [3.8, 4) is 0 Å². The fourth-order valence-corrected chi connectivity index (χ4v) is 3.37. The zero-order chi connectivity index (χ0) is 20.2. The molecule has 0 radical (unpaired) electrons. The smallest absolute Gasteiger partial charge is 0.357 e. The van der Waals surface area contributed by atoms with Gasteiger partial charge in [-0.05, 0) is 35.4 Å². The standard InChI is InChI=1S/C24H20N2O3/c1-16(19-11-6-9-17-7-2-4-10-20(17)19)25-23(27)15-29-24(28)22-14-13-18-8-3-5-12-21(18)26-22/h2-14,16H,15H2,1H3,(H,25,27)/t16-/m0/s1. The molecule has 3 aromatic carbocycles. The summed E-state index contributed by atoms with van der Waals surface area (Å²) >= 11 is 0. The van der Waals surface area contributed by atoms with Crippen molar-refractivity contribution in [2.75, 3.05) is 6.61 Å². The lowest BCUT2D eigenvalue weighted by Crippen LogP contribution is -2.31. The van der Waals surface area contributed by atoms with Crippen LogP contribution in [0.4, 0.5) is 0 Å². The molecule has 0 aliphatic rings. The third-order valence-corrected chi connectivity index (χ3v) is 4.81. The predicted molar refractivity (Wildman–Crippen MR) is 113 cm³/mol. The molecule has 0 aliphatic carbocycles. The van der Waals surface area contributed by atoms with Gasteiger partial charge in [0, 0.05) is 5.39 Å². The van der Waals surface area contributed by atoms with Gasteiger partial charge >= 0.3 is 5.97 Å². The minimum absolute atomic E-state index is 0.179. The Morgan fingerprint density at radius 1 is 0.897 bits per heavy atom. The summed E-state index contributed by atoms with van der Waals surface area (Å²) in [6, 6.07) is 24.7. The number of fused-ring (bicyclic) bond motifs is 2. The van der Waals surface area contributed by atoms with Gasteiger partial charge in [0.2, 0.25) is 0 Å². The Kier molecular flexibility index (Phi) is 5.20. The van der Waals surface area contributed by atoms with Crippen molar-refractivity contribution in [1.82, 2.24) is 10.3 Å².